The Labute approximate surface area is 170 Å². The van der Waals surface area contributed by atoms with Crippen molar-refractivity contribution in [3.8, 4) is 0 Å². The number of carbonyl (C=O) groups excluding carboxylic acids is 2. The van der Waals surface area contributed by atoms with Crippen LogP contribution < -0.4 is 10.6 Å². The van der Waals surface area contributed by atoms with Gasteiger partial charge in [0.2, 0.25) is 0 Å². The lowest BCUT2D eigenvalue weighted by atomic mass is 9.82. The first-order chi connectivity index (χ1) is 14.0. The second kappa shape index (κ2) is 8.23. The minimum absolute atomic E-state index is 0.0197. The summed E-state index contributed by atoms with van der Waals surface area (Å²) in [5.41, 5.74) is 2.40. The largest absolute Gasteiger partial charge is 0.349 e. The van der Waals surface area contributed by atoms with E-state index in [1.165, 1.54) is 24.3 Å². The van der Waals surface area contributed by atoms with Crippen molar-refractivity contribution in [2.24, 2.45) is 0 Å². The van der Waals surface area contributed by atoms with Crippen LogP contribution in [-0.2, 0) is 0 Å². The third kappa shape index (κ3) is 4.42. The highest BCUT2D eigenvalue weighted by Gasteiger charge is 2.41. The van der Waals surface area contributed by atoms with E-state index in [0.717, 1.165) is 43.4 Å². The quantitative estimate of drug-likeness (QED) is 0.805. The molecule has 3 atom stereocenters. The van der Waals surface area contributed by atoms with Crippen LogP contribution in [0.5, 0.6) is 0 Å². The molecule has 2 aliphatic rings. The molecule has 3 amide bonds. The highest BCUT2D eigenvalue weighted by molar-refractivity contribution is 5.94. The minimum Gasteiger partial charge on any atom is -0.349 e. The van der Waals surface area contributed by atoms with Crippen LogP contribution in [0, 0.1) is 12.7 Å². The molecular weight excluding hydrogens is 369 g/mol. The van der Waals surface area contributed by atoms with Crippen LogP contribution in [0.3, 0.4) is 0 Å². The maximum atomic E-state index is 13.1. The molecule has 4 rings (SSSR count). The van der Waals surface area contributed by atoms with Crippen LogP contribution in [-0.4, -0.2) is 35.0 Å². The van der Waals surface area contributed by atoms with Crippen LogP contribution in [0.15, 0.2) is 48.5 Å². The van der Waals surface area contributed by atoms with Crippen LogP contribution in [0.1, 0.15) is 48.0 Å². The summed E-state index contributed by atoms with van der Waals surface area (Å²) in [6.45, 7) is 2.01. The molecule has 2 aliphatic heterocycles. The van der Waals surface area contributed by atoms with E-state index in [1.54, 1.807) is 0 Å². The van der Waals surface area contributed by atoms with Gasteiger partial charge in [0.25, 0.3) is 5.91 Å². The van der Waals surface area contributed by atoms with Gasteiger partial charge in [0, 0.05) is 29.4 Å². The Morgan fingerprint density at radius 2 is 1.59 bits per heavy atom. The SMILES string of the molecule is Cc1ccc(NC(=O)N2[C@@H]3CCC[C@H]2CC(NC(=O)c2ccc(F)cc2)C3)cc1. The Morgan fingerprint density at radius 3 is 2.21 bits per heavy atom. The summed E-state index contributed by atoms with van der Waals surface area (Å²) in [7, 11) is 0. The molecule has 0 aromatic heterocycles. The number of benzene rings is 2. The maximum absolute atomic E-state index is 13.1. The second-order valence-electron chi connectivity index (χ2n) is 8.09. The summed E-state index contributed by atoms with van der Waals surface area (Å²) in [6.07, 6.45) is 4.47. The van der Waals surface area contributed by atoms with E-state index in [4.69, 9.17) is 0 Å². The van der Waals surface area contributed by atoms with Crippen molar-refractivity contribution in [3.05, 3.63) is 65.5 Å². The van der Waals surface area contributed by atoms with E-state index < -0.39 is 0 Å². The molecule has 1 unspecified atom stereocenters. The molecule has 0 aliphatic carbocycles. The molecule has 0 saturated carbocycles. The van der Waals surface area contributed by atoms with Gasteiger partial charge in [0.1, 0.15) is 5.82 Å². The van der Waals surface area contributed by atoms with Gasteiger partial charge in [-0.1, -0.05) is 17.7 Å². The van der Waals surface area contributed by atoms with Crippen LogP contribution in [0.2, 0.25) is 0 Å². The van der Waals surface area contributed by atoms with E-state index in [-0.39, 0.29) is 35.9 Å². The first-order valence-electron chi connectivity index (χ1n) is 10.2. The van der Waals surface area contributed by atoms with E-state index in [2.05, 4.69) is 10.6 Å². The Hall–Kier alpha value is -2.89. The van der Waals surface area contributed by atoms with E-state index in [9.17, 15) is 14.0 Å². The number of aryl methyl sites for hydroxylation is 1. The first-order valence-corrected chi connectivity index (χ1v) is 10.2. The third-order valence-electron chi connectivity index (χ3n) is 5.95. The average Bonchev–Trinajstić information content (AvgIpc) is 2.69. The Bertz CT molecular complexity index is 868. The van der Waals surface area contributed by atoms with Gasteiger partial charge in [0.05, 0.1) is 0 Å². The van der Waals surface area contributed by atoms with Gasteiger partial charge < -0.3 is 15.5 Å². The Balaban J connectivity index is 1.40. The standard InChI is InChI=1S/C23H26FN3O2/c1-15-5-11-18(12-6-15)26-23(29)27-20-3-2-4-21(27)14-19(13-20)25-22(28)16-7-9-17(24)10-8-16/h5-12,19-21H,2-4,13-14H2,1H3,(H,25,28)(H,26,29)/t19?,20-,21+. The lowest BCUT2D eigenvalue weighted by Gasteiger charge is -2.48. The number of rotatable bonds is 3. The van der Waals surface area contributed by atoms with Gasteiger partial charge in [-0.25, -0.2) is 9.18 Å². The van der Waals surface area contributed by atoms with E-state index in [1.807, 2.05) is 36.1 Å². The zero-order valence-corrected chi connectivity index (χ0v) is 16.5. The van der Waals surface area contributed by atoms with E-state index >= 15 is 0 Å². The number of halogens is 1. The monoisotopic (exact) mass is 395 g/mol. The zero-order chi connectivity index (χ0) is 20.4. The molecule has 2 fully saturated rings. The number of hydrogen-bond donors (Lipinski definition) is 2. The van der Waals surface area contributed by atoms with Crippen LogP contribution >= 0.6 is 0 Å². The first kappa shape index (κ1) is 19.4. The van der Waals surface area contributed by atoms with Gasteiger partial charge in [-0.15, -0.1) is 0 Å². The van der Waals surface area contributed by atoms with Gasteiger partial charge in [-0.3, -0.25) is 4.79 Å². The van der Waals surface area contributed by atoms with Crippen molar-refractivity contribution in [2.45, 2.75) is 57.2 Å². The van der Waals surface area contributed by atoms with Gasteiger partial charge in [-0.05, 0) is 75.4 Å². The van der Waals surface area contributed by atoms with Crippen molar-refractivity contribution in [2.75, 3.05) is 5.32 Å². The highest BCUT2D eigenvalue weighted by Crippen LogP contribution is 2.34. The number of fused-ring (bicyclic) bond motifs is 2. The normalized spacial score (nSPS) is 23.4. The van der Waals surface area contributed by atoms with Crippen molar-refractivity contribution in [1.82, 2.24) is 10.2 Å². The molecule has 29 heavy (non-hydrogen) atoms. The number of anilines is 1. The highest BCUT2D eigenvalue weighted by atomic mass is 19.1. The predicted octanol–water partition coefficient (Wildman–Crippen LogP) is 4.48. The smallest absolute Gasteiger partial charge is 0.322 e. The second-order valence-corrected chi connectivity index (χ2v) is 8.09. The average molecular weight is 395 g/mol. The molecule has 2 N–H and O–H groups in total. The molecule has 2 heterocycles. The molecule has 2 aromatic carbocycles. The lowest BCUT2D eigenvalue weighted by molar-refractivity contribution is 0.0577. The summed E-state index contributed by atoms with van der Waals surface area (Å²) in [4.78, 5) is 27.4. The predicted molar refractivity (Wildman–Crippen MR) is 110 cm³/mol. The fraction of sp³-hybridized carbons (Fsp3) is 0.391. The Morgan fingerprint density at radius 1 is 0.966 bits per heavy atom. The number of piperidine rings is 2. The number of hydrogen-bond acceptors (Lipinski definition) is 2. The zero-order valence-electron chi connectivity index (χ0n) is 16.5. The van der Waals surface area contributed by atoms with Crippen molar-refractivity contribution >= 4 is 17.6 Å². The number of urea groups is 1. The topological polar surface area (TPSA) is 61.4 Å². The molecule has 0 radical (unpaired) electrons. The maximum Gasteiger partial charge on any atom is 0.322 e. The van der Waals surface area contributed by atoms with Crippen LogP contribution in [0.25, 0.3) is 0 Å². The molecule has 5 nitrogen and oxygen atoms in total. The molecule has 2 bridgehead atoms. The van der Waals surface area contributed by atoms with Crippen molar-refractivity contribution in [3.63, 3.8) is 0 Å². The molecule has 2 aromatic rings. The molecule has 152 valence electrons. The molecule has 2 saturated heterocycles. The minimum atomic E-state index is -0.357. The number of amides is 3. The summed E-state index contributed by atoms with van der Waals surface area (Å²) in [5, 5.41) is 6.10. The lowest BCUT2D eigenvalue weighted by Crippen LogP contribution is -2.59. The third-order valence-corrected chi connectivity index (χ3v) is 5.95. The summed E-state index contributed by atoms with van der Waals surface area (Å²) in [5.74, 6) is -0.547. The number of nitrogens with one attached hydrogen (secondary N) is 2. The van der Waals surface area contributed by atoms with Gasteiger partial charge in [0.15, 0.2) is 0 Å². The molecule has 6 heteroatoms. The van der Waals surface area contributed by atoms with E-state index in [0.29, 0.717) is 5.56 Å². The molecule has 0 spiro atoms. The van der Waals surface area contributed by atoms with Gasteiger partial charge >= 0.3 is 6.03 Å². The van der Waals surface area contributed by atoms with Crippen LogP contribution in [0.4, 0.5) is 14.9 Å². The van der Waals surface area contributed by atoms with Crippen molar-refractivity contribution in [1.29, 1.82) is 0 Å². The van der Waals surface area contributed by atoms with Gasteiger partial charge in [-0.2, -0.15) is 0 Å². The summed E-state index contributed by atoms with van der Waals surface area (Å²) < 4.78 is 13.1. The molecular formula is C23H26FN3O2. The van der Waals surface area contributed by atoms with Crippen molar-refractivity contribution < 1.29 is 14.0 Å². The fourth-order valence-electron chi connectivity index (χ4n) is 4.53. The number of carbonyl (C=O) groups is 2. The fourth-order valence-corrected chi connectivity index (χ4v) is 4.53. The summed E-state index contributed by atoms with van der Waals surface area (Å²) >= 11 is 0. The summed E-state index contributed by atoms with van der Waals surface area (Å²) in [6, 6.07) is 13.6. The number of nitrogens with zero attached hydrogens (tertiary/aromatic N) is 1. The Kier molecular flexibility index (Phi) is 5.51.